The minimum atomic E-state index is -0.713. The van der Waals surface area contributed by atoms with E-state index in [0.29, 0.717) is 18.4 Å². The Balaban J connectivity index is 4.81. The number of aliphatic hydroxyl groups excluding tert-OH is 3. The van der Waals surface area contributed by atoms with Gasteiger partial charge in [-0.2, -0.15) is 0 Å². The molecule has 0 aromatic heterocycles. The standard InChI is InChI=1S/C21H44O5/c1-15(2)17(10-20(6,7)25-12-16(3)23)11-21(8,9)26-13-18(24)19(4,5)14-22/h15-18,22-24H,10-14H2,1-9H3. The van der Waals surface area contributed by atoms with E-state index >= 15 is 0 Å². The molecule has 0 bridgehead atoms. The Bertz CT molecular complexity index is 388. The first-order valence-electron chi connectivity index (χ1n) is 9.87. The summed E-state index contributed by atoms with van der Waals surface area (Å²) in [6.07, 6.45) is 0.533. The Morgan fingerprint density at radius 1 is 0.769 bits per heavy atom. The van der Waals surface area contributed by atoms with Crippen molar-refractivity contribution in [2.75, 3.05) is 19.8 Å². The normalized spacial score (nSPS) is 17.4. The number of rotatable bonds is 13. The van der Waals surface area contributed by atoms with Crippen molar-refractivity contribution < 1.29 is 24.8 Å². The molecule has 0 spiro atoms. The molecule has 0 saturated carbocycles. The van der Waals surface area contributed by atoms with Crippen molar-refractivity contribution in [3.8, 4) is 0 Å². The summed E-state index contributed by atoms with van der Waals surface area (Å²) in [7, 11) is 0. The van der Waals surface area contributed by atoms with E-state index in [1.165, 1.54) is 0 Å². The summed E-state index contributed by atoms with van der Waals surface area (Å²) in [5.41, 5.74) is -1.29. The van der Waals surface area contributed by atoms with Gasteiger partial charge in [-0.15, -0.1) is 0 Å². The van der Waals surface area contributed by atoms with E-state index in [0.717, 1.165) is 12.8 Å². The fourth-order valence-corrected chi connectivity index (χ4v) is 2.91. The van der Waals surface area contributed by atoms with Crippen molar-refractivity contribution in [1.82, 2.24) is 0 Å². The highest BCUT2D eigenvalue weighted by Crippen LogP contribution is 2.34. The molecule has 3 atom stereocenters. The third kappa shape index (κ3) is 10.2. The van der Waals surface area contributed by atoms with E-state index in [-0.39, 0.29) is 24.4 Å². The van der Waals surface area contributed by atoms with E-state index in [1.807, 2.05) is 27.7 Å². The van der Waals surface area contributed by atoms with Gasteiger partial charge in [0, 0.05) is 5.41 Å². The van der Waals surface area contributed by atoms with Gasteiger partial charge in [-0.25, -0.2) is 0 Å². The molecule has 0 amide bonds. The van der Waals surface area contributed by atoms with Crippen molar-refractivity contribution in [3.05, 3.63) is 0 Å². The maximum atomic E-state index is 10.3. The highest BCUT2D eigenvalue weighted by atomic mass is 16.5. The van der Waals surface area contributed by atoms with Gasteiger partial charge in [0.05, 0.1) is 43.2 Å². The fraction of sp³-hybridized carbons (Fsp3) is 1.00. The van der Waals surface area contributed by atoms with Crippen LogP contribution in [0.5, 0.6) is 0 Å². The zero-order valence-electron chi connectivity index (χ0n) is 18.5. The summed E-state index contributed by atoms with van der Waals surface area (Å²) >= 11 is 0. The van der Waals surface area contributed by atoms with Gasteiger partial charge in [0.1, 0.15) is 0 Å². The summed E-state index contributed by atoms with van der Waals surface area (Å²) in [6, 6.07) is 0. The van der Waals surface area contributed by atoms with Crippen LogP contribution in [0.3, 0.4) is 0 Å². The minimum Gasteiger partial charge on any atom is -0.396 e. The predicted octanol–water partition coefficient (Wildman–Crippen LogP) is 3.39. The van der Waals surface area contributed by atoms with E-state index in [4.69, 9.17) is 9.47 Å². The van der Waals surface area contributed by atoms with Crippen LogP contribution in [0, 0.1) is 17.3 Å². The Hall–Kier alpha value is -0.200. The first kappa shape index (κ1) is 25.8. The molecule has 0 aliphatic carbocycles. The molecular weight excluding hydrogens is 332 g/mol. The van der Waals surface area contributed by atoms with Gasteiger partial charge in [-0.1, -0.05) is 27.7 Å². The number of ether oxygens (including phenoxy) is 2. The van der Waals surface area contributed by atoms with Crippen LogP contribution in [-0.2, 0) is 9.47 Å². The summed E-state index contributed by atoms with van der Waals surface area (Å²) in [5, 5.41) is 29.1. The van der Waals surface area contributed by atoms with Crippen LogP contribution in [0.1, 0.15) is 75.2 Å². The SMILES string of the molecule is CC(O)COC(C)(C)CC(CC(C)(C)OCC(O)C(C)(C)CO)C(C)C. The van der Waals surface area contributed by atoms with Gasteiger partial charge in [0.25, 0.3) is 0 Å². The van der Waals surface area contributed by atoms with E-state index in [9.17, 15) is 15.3 Å². The third-order valence-electron chi connectivity index (χ3n) is 5.11. The van der Waals surface area contributed by atoms with E-state index < -0.39 is 17.6 Å². The second-order valence-electron chi connectivity index (χ2n) is 10.1. The van der Waals surface area contributed by atoms with Crippen molar-refractivity contribution in [2.24, 2.45) is 17.3 Å². The van der Waals surface area contributed by atoms with Gasteiger partial charge in [0.15, 0.2) is 0 Å². The van der Waals surface area contributed by atoms with Crippen LogP contribution >= 0.6 is 0 Å². The second-order valence-corrected chi connectivity index (χ2v) is 10.1. The maximum Gasteiger partial charge on any atom is 0.0846 e. The monoisotopic (exact) mass is 376 g/mol. The van der Waals surface area contributed by atoms with Crippen LogP contribution in [0.2, 0.25) is 0 Å². The number of hydrogen-bond acceptors (Lipinski definition) is 5. The molecule has 0 aliphatic heterocycles. The summed E-state index contributed by atoms with van der Waals surface area (Å²) in [4.78, 5) is 0. The largest absolute Gasteiger partial charge is 0.396 e. The van der Waals surface area contributed by atoms with Gasteiger partial charge < -0.3 is 24.8 Å². The first-order valence-corrected chi connectivity index (χ1v) is 9.87. The minimum absolute atomic E-state index is 0.0820. The molecule has 0 aromatic carbocycles. The van der Waals surface area contributed by atoms with Gasteiger partial charge in [0.2, 0.25) is 0 Å². The summed E-state index contributed by atoms with van der Waals surface area (Å²) in [6.45, 7) is 18.5. The highest BCUT2D eigenvalue weighted by Gasteiger charge is 2.34. The van der Waals surface area contributed by atoms with Crippen LogP contribution in [0.25, 0.3) is 0 Å². The van der Waals surface area contributed by atoms with Gasteiger partial charge in [-0.05, 0) is 59.3 Å². The quantitative estimate of drug-likeness (QED) is 0.459. The Labute approximate surface area is 161 Å². The summed E-state index contributed by atoms with van der Waals surface area (Å²) < 4.78 is 11.9. The zero-order valence-corrected chi connectivity index (χ0v) is 18.5. The molecule has 0 rings (SSSR count). The molecule has 3 N–H and O–H groups in total. The topological polar surface area (TPSA) is 79.2 Å². The van der Waals surface area contributed by atoms with Crippen molar-refractivity contribution in [2.45, 2.75) is 98.6 Å². The molecule has 158 valence electrons. The van der Waals surface area contributed by atoms with Crippen molar-refractivity contribution in [1.29, 1.82) is 0 Å². The Morgan fingerprint density at radius 2 is 1.19 bits per heavy atom. The highest BCUT2D eigenvalue weighted by molar-refractivity contribution is 4.84. The van der Waals surface area contributed by atoms with Crippen LogP contribution in [-0.4, -0.2) is 58.6 Å². The van der Waals surface area contributed by atoms with Crippen LogP contribution in [0.4, 0.5) is 0 Å². The Kier molecular flexibility index (Phi) is 10.3. The Morgan fingerprint density at radius 3 is 1.54 bits per heavy atom. The lowest BCUT2D eigenvalue weighted by Gasteiger charge is -2.38. The molecule has 0 radical (unpaired) electrons. The van der Waals surface area contributed by atoms with Crippen molar-refractivity contribution >= 4 is 0 Å². The molecule has 3 unspecified atom stereocenters. The molecule has 5 heteroatoms. The average Bonchev–Trinajstić information content (AvgIpc) is 2.49. The molecular formula is C21H44O5. The fourth-order valence-electron chi connectivity index (χ4n) is 2.91. The van der Waals surface area contributed by atoms with Gasteiger partial charge >= 0.3 is 0 Å². The van der Waals surface area contributed by atoms with E-state index in [1.54, 1.807) is 6.92 Å². The third-order valence-corrected chi connectivity index (χ3v) is 5.11. The lowest BCUT2D eigenvalue weighted by molar-refractivity contribution is -0.115. The zero-order chi connectivity index (χ0) is 20.8. The lowest BCUT2D eigenvalue weighted by Crippen LogP contribution is -2.41. The average molecular weight is 377 g/mol. The molecule has 0 saturated heterocycles. The molecule has 0 heterocycles. The summed E-state index contributed by atoms with van der Waals surface area (Å²) in [5.74, 6) is 0.850. The van der Waals surface area contributed by atoms with Gasteiger partial charge in [-0.3, -0.25) is 0 Å². The first-order chi connectivity index (χ1) is 11.6. The maximum absolute atomic E-state index is 10.3. The smallest absolute Gasteiger partial charge is 0.0846 e. The number of hydrogen-bond donors (Lipinski definition) is 3. The molecule has 26 heavy (non-hydrogen) atoms. The molecule has 0 aliphatic rings. The van der Waals surface area contributed by atoms with E-state index in [2.05, 4.69) is 27.7 Å². The molecule has 5 nitrogen and oxygen atoms in total. The molecule has 0 aromatic rings. The van der Waals surface area contributed by atoms with Crippen LogP contribution < -0.4 is 0 Å². The lowest BCUT2D eigenvalue weighted by atomic mass is 9.78. The van der Waals surface area contributed by atoms with Crippen molar-refractivity contribution in [3.63, 3.8) is 0 Å². The second kappa shape index (κ2) is 10.4. The predicted molar refractivity (Wildman–Crippen MR) is 106 cm³/mol. The molecule has 0 fully saturated rings. The van der Waals surface area contributed by atoms with Crippen LogP contribution in [0.15, 0.2) is 0 Å². The number of aliphatic hydroxyl groups is 3.